The summed E-state index contributed by atoms with van der Waals surface area (Å²) >= 11 is 1.43. The Morgan fingerprint density at radius 1 is 1.09 bits per heavy atom. The third kappa shape index (κ3) is 3.29. The fourth-order valence-corrected chi connectivity index (χ4v) is 6.21. The van der Waals surface area contributed by atoms with Gasteiger partial charge >= 0.3 is 0 Å². The molecule has 0 bridgehead atoms. The quantitative estimate of drug-likeness (QED) is 0.694. The molecule has 2 fully saturated rings. The molecule has 3 aliphatic heterocycles. The molecule has 1 spiro atoms. The van der Waals surface area contributed by atoms with Crippen molar-refractivity contribution in [3.8, 4) is 5.75 Å². The molecular formula is C24H27N3O4S. The molecule has 2 aromatic rings. The van der Waals surface area contributed by atoms with Crippen molar-refractivity contribution >= 4 is 35.0 Å². The number of ether oxygens (including phenoxy) is 2. The number of fused-ring (bicyclic) bond motifs is 2. The SMILES string of the molecule is CCOc1ccc(N2C(=O)[C@H](C)S[C@]23C(=O)N(CN2CCOCC2)c2ccccc23)cc1. The normalized spacial score (nSPS) is 25.6. The van der Waals surface area contributed by atoms with Gasteiger partial charge in [0.15, 0.2) is 0 Å². The summed E-state index contributed by atoms with van der Waals surface area (Å²) in [6, 6.07) is 15.3. The van der Waals surface area contributed by atoms with E-state index >= 15 is 0 Å². The first-order valence-electron chi connectivity index (χ1n) is 11.0. The molecule has 2 amide bonds. The lowest BCUT2D eigenvalue weighted by molar-refractivity contribution is -0.124. The zero-order chi connectivity index (χ0) is 22.3. The molecule has 5 rings (SSSR count). The standard InChI is InChI=1S/C24H27N3O4S/c1-3-31-19-10-8-18(9-11-19)27-22(28)17(2)32-24(27)20-6-4-5-7-21(20)26(23(24)29)16-25-12-14-30-15-13-25/h4-11,17H,3,12-16H2,1-2H3/t17-,24+/m0/s1. The molecule has 168 valence electrons. The van der Waals surface area contributed by atoms with Crippen LogP contribution in [0.15, 0.2) is 48.5 Å². The van der Waals surface area contributed by atoms with Crippen LogP contribution in [0.5, 0.6) is 5.75 Å². The van der Waals surface area contributed by atoms with Crippen molar-refractivity contribution in [2.75, 3.05) is 49.4 Å². The third-order valence-corrected chi connectivity index (χ3v) is 7.65. The van der Waals surface area contributed by atoms with Gasteiger partial charge in [-0.05, 0) is 44.2 Å². The number of morpholine rings is 1. The maximum Gasteiger partial charge on any atom is 0.269 e. The average Bonchev–Trinajstić information content (AvgIpc) is 3.21. The molecule has 0 aliphatic carbocycles. The summed E-state index contributed by atoms with van der Waals surface area (Å²) in [7, 11) is 0. The lowest BCUT2D eigenvalue weighted by Gasteiger charge is -2.35. The minimum absolute atomic E-state index is 0.0597. The van der Waals surface area contributed by atoms with Gasteiger partial charge in [0.25, 0.3) is 5.91 Å². The van der Waals surface area contributed by atoms with E-state index in [4.69, 9.17) is 9.47 Å². The van der Waals surface area contributed by atoms with E-state index in [0.717, 1.165) is 30.1 Å². The van der Waals surface area contributed by atoms with Crippen LogP contribution in [0.3, 0.4) is 0 Å². The van der Waals surface area contributed by atoms with Gasteiger partial charge in [0, 0.05) is 24.3 Å². The van der Waals surface area contributed by atoms with Crippen LogP contribution in [0.25, 0.3) is 0 Å². The second-order valence-corrected chi connectivity index (χ2v) is 9.66. The Morgan fingerprint density at radius 3 is 2.53 bits per heavy atom. The summed E-state index contributed by atoms with van der Waals surface area (Å²) < 4.78 is 11.0. The molecule has 2 aromatic carbocycles. The number of para-hydroxylation sites is 1. The molecular weight excluding hydrogens is 426 g/mol. The van der Waals surface area contributed by atoms with Gasteiger partial charge < -0.3 is 9.47 Å². The maximum atomic E-state index is 14.1. The van der Waals surface area contributed by atoms with Crippen LogP contribution in [0, 0.1) is 0 Å². The first kappa shape index (κ1) is 21.3. The highest BCUT2D eigenvalue weighted by Crippen LogP contribution is 2.57. The fraction of sp³-hybridized carbons (Fsp3) is 0.417. The van der Waals surface area contributed by atoms with Crippen molar-refractivity contribution in [1.29, 1.82) is 0 Å². The first-order chi connectivity index (χ1) is 15.6. The predicted octanol–water partition coefficient (Wildman–Crippen LogP) is 3.04. The average molecular weight is 454 g/mol. The lowest BCUT2D eigenvalue weighted by atomic mass is 10.0. The van der Waals surface area contributed by atoms with E-state index < -0.39 is 4.87 Å². The molecule has 2 saturated heterocycles. The molecule has 3 heterocycles. The predicted molar refractivity (Wildman–Crippen MR) is 125 cm³/mol. The van der Waals surface area contributed by atoms with Crippen molar-refractivity contribution in [3.05, 3.63) is 54.1 Å². The molecule has 0 aromatic heterocycles. The molecule has 8 heteroatoms. The number of thioether (sulfide) groups is 1. The van der Waals surface area contributed by atoms with Gasteiger partial charge in [-0.3, -0.25) is 24.3 Å². The molecule has 32 heavy (non-hydrogen) atoms. The molecule has 0 N–H and O–H groups in total. The summed E-state index contributed by atoms with van der Waals surface area (Å²) in [6.07, 6.45) is 0. The van der Waals surface area contributed by atoms with Gasteiger partial charge in [0.1, 0.15) is 5.75 Å². The minimum atomic E-state index is -1.10. The fourth-order valence-electron chi connectivity index (χ4n) is 4.68. The van der Waals surface area contributed by atoms with E-state index in [1.54, 1.807) is 4.90 Å². The monoisotopic (exact) mass is 453 g/mol. The van der Waals surface area contributed by atoms with Gasteiger partial charge in [-0.25, -0.2) is 0 Å². The highest BCUT2D eigenvalue weighted by Gasteiger charge is 2.63. The van der Waals surface area contributed by atoms with E-state index in [2.05, 4.69) is 4.90 Å². The van der Waals surface area contributed by atoms with E-state index in [9.17, 15) is 9.59 Å². The number of carbonyl (C=O) groups is 2. The van der Waals surface area contributed by atoms with E-state index in [0.29, 0.717) is 32.2 Å². The Balaban J connectivity index is 1.57. The molecule has 0 unspecified atom stereocenters. The Labute approximate surface area is 192 Å². The van der Waals surface area contributed by atoms with Crippen molar-refractivity contribution < 1.29 is 19.1 Å². The van der Waals surface area contributed by atoms with E-state index in [1.165, 1.54) is 11.8 Å². The largest absolute Gasteiger partial charge is 0.494 e. The molecule has 7 nitrogen and oxygen atoms in total. The Kier molecular flexibility index (Phi) is 5.61. The zero-order valence-corrected chi connectivity index (χ0v) is 19.1. The van der Waals surface area contributed by atoms with Crippen molar-refractivity contribution in [2.24, 2.45) is 0 Å². The highest BCUT2D eigenvalue weighted by atomic mass is 32.2. The van der Waals surface area contributed by atoms with E-state index in [-0.39, 0.29) is 17.1 Å². The van der Waals surface area contributed by atoms with Crippen LogP contribution in [0.1, 0.15) is 19.4 Å². The number of amides is 2. The summed E-state index contributed by atoms with van der Waals surface area (Å²) in [5.41, 5.74) is 2.44. The first-order valence-corrected chi connectivity index (χ1v) is 11.9. The van der Waals surface area contributed by atoms with Gasteiger partial charge in [0.2, 0.25) is 10.8 Å². The summed E-state index contributed by atoms with van der Waals surface area (Å²) in [4.78, 5) is 32.2. The Morgan fingerprint density at radius 2 is 1.81 bits per heavy atom. The Hall–Kier alpha value is -2.55. The van der Waals surface area contributed by atoms with Crippen LogP contribution in [-0.2, 0) is 19.2 Å². The summed E-state index contributed by atoms with van der Waals surface area (Å²) in [5, 5.41) is -0.332. The second-order valence-electron chi connectivity index (χ2n) is 8.13. The van der Waals surface area contributed by atoms with Crippen molar-refractivity contribution in [1.82, 2.24) is 4.90 Å². The summed E-state index contributed by atoms with van der Waals surface area (Å²) in [6.45, 7) is 7.76. The smallest absolute Gasteiger partial charge is 0.269 e. The maximum absolute atomic E-state index is 14.1. The van der Waals surface area contributed by atoms with Gasteiger partial charge in [-0.15, -0.1) is 11.8 Å². The number of benzene rings is 2. The van der Waals surface area contributed by atoms with Crippen LogP contribution in [0.2, 0.25) is 0 Å². The van der Waals surface area contributed by atoms with E-state index in [1.807, 2.05) is 67.3 Å². The number of carbonyl (C=O) groups excluding carboxylic acids is 2. The van der Waals surface area contributed by atoms with Gasteiger partial charge in [-0.1, -0.05) is 18.2 Å². The lowest BCUT2D eigenvalue weighted by Crippen LogP contribution is -2.52. The van der Waals surface area contributed by atoms with Crippen LogP contribution in [-0.4, -0.2) is 61.5 Å². The van der Waals surface area contributed by atoms with Crippen molar-refractivity contribution in [3.63, 3.8) is 0 Å². The number of hydrogen-bond acceptors (Lipinski definition) is 6. The van der Waals surface area contributed by atoms with Crippen molar-refractivity contribution in [2.45, 2.75) is 24.0 Å². The zero-order valence-electron chi connectivity index (χ0n) is 18.3. The molecule has 2 atom stereocenters. The second kappa shape index (κ2) is 8.42. The Bertz CT molecular complexity index is 1020. The van der Waals surface area contributed by atoms with Gasteiger partial charge in [0.05, 0.1) is 37.4 Å². The number of anilines is 2. The van der Waals surface area contributed by atoms with Crippen LogP contribution in [0.4, 0.5) is 11.4 Å². The molecule has 3 aliphatic rings. The van der Waals surface area contributed by atoms with Gasteiger partial charge in [-0.2, -0.15) is 0 Å². The van der Waals surface area contributed by atoms with Crippen LogP contribution < -0.4 is 14.5 Å². The molecule has 0 saturated carbocycles. The van der Waals surface area contributed by atoms with Crippen LogP contribution >= 0.6 is 11.8 Å². The third-order valence-electron chi connectivity index (χ3n) is 6.18. The highest BCUT2D eigenvalue weighted by molar-refractivity contribution is 8.03. The topological polar surface area (TPSA) is 62.3 Å². The summed E-state index contributed by atoms with van der Waals surface area (Å²) in [5.74, 6) is 0.613. The number of hydrogen-bond donors (Lipinski definition) is 0. The number of nitrogens with zero attached hydrogens (tertiary/aromatic N) is 3. The number of rotatable bonds is 5. The minimum Gasteiger partial charge on any atom is -0.494 e. The molecule has 0 radical (unpaired) electrons.